The van der Waals surface area contributed by atoms with Crippen LogP contribution in [0.2, 0.25) is 0 Å². The zero-order valence-electron chi connectivity index (χ0n) is 10.7. The molecule has 109 valence electrons. The molecule has 0 bridgehead atoms. The monoisotopic (exact) mass is 328 g/mol. The number of nitrogens with two attached hydrogens (primary N) is 1. The van der Waals surface area contributed by atoms with Crippen LogP contribution >= 0.6 is 0 Å². The largest absolute Gasteiger partial charge is 2.00 e. The van der Waals surface area contributed by atoms with E-state index in [0.717, 1.165) is 6.08 Å². The molecule has 2 rings (SSSR count). The fraction of sp³-hybridized carbons (Fsp3) is 0. The Hall–Kier alpha value is -2.57. The summed E-state index contributed by atoms with van der Waals surface area (Å²) in [5.74, 6) is -2.45. The Kier molecular flexibility index (Phi) is 8.21. The van der Waals surface area contributed by atoms with Gasteiger partial charge in [-0.2, -0.15) is 0 Å². The average Bonchev–Trinajstić information content (AvgIpc) is 2.90. The van der Waals surface area contributed by atoms with Crippen LogP contribution in [0.5, 0.6) is 0 Å². The summed E-state index contributed by atoms with van der Waals surface area (Å²) in [6, 6.07) is 6.19. The maximum absolute atomic E-state index is 10.2. The minimum absolute atomic E-state index is 0. The number of hydrogen-bond acceptors (Lipinski definition) is 6. The summed E-state index contributed by atoms with van der Waals surface area (Å²) in [6.45, 7) is 0. The van der Waals surface area contributed by atoms with Crippen LogP contribution < -0.4 is 15.9 Å². The molecule has 0 amide bonds. The molecule has 3 N–H and O–H groups in total. The molecule has 7 nitrogen and oxygen atoms in total. The summed E-state index contributed by atoms with van der Waals surface area (Å²) in [6.07, 6.45) is 5.30. The number of benzene rings is 1. The second kappa shape index (κ2) is 9.35. The summed E-state index contributed by atoms with van der Waals surface area (Å²) in [7, 11) is 0. The molecule has 0 aliphatic rings. The first-order valence-electron chi connectivity index (χ1n) is 5.44. The van der Waals surface area contributed by atoms with Gasteiger partial charge in [0, 0.05) is 11.3 Å². The van der Waals surface area contributed by atoms with E-state index in [1.165, 1.54) is 30.7 Å². The van der Waals surface area contributed by atoms with Crippen LogP contribution in [0.25, 0.3) is 6.08 Å². The molecule has 0 saturated heterocycles. The third kappa shape index (κ3) is 6.95. The number of aliphatic carboxylic acids is 1. The van der Waals surface area contributed by atoms with Crippen molar-refractivity contribution in [2.45, 2.75) is 0 Å². The van der Waals surface area contributed by atoms with Crippen LogP contribution in [0.4, 0.5) is 5.69 Å². The molecule has 0 aliphatic heterocycles. The quantitative estimate of drug-likeness (QED) is 0.413. The van der Waals surface area contributed by atoms with Gasteiger partial charge in [0.25, 0.3) is 0 Å². The van der Waals surface area contributed by atoms with E-state index >= 15 is 0 Å². The molecule has 0 spiro atoms. The first-order valence-corrected chi connectivity index (χ1v) is 5.44. The number of carboxylic acid groups (broad SMARTS) is 2. The molecule has 21 heavy (non-hydrogen) atoms. The van der Waals surface area contributed by atoms with E-state index in [0.29, 0.717) is 5.69 Å². The van der Waals surface area contributed by atoms with Gasteiger partial charge < -0.3 is 30.5 Å². The fourth-order valence-electron chi connectivity index (χ4n) is 1.20. The number of carboxylic acids is 2. The van der Waals surface area contributed by atoms with Crippen LogP contribution in [0, 0.1) is 0 Å². The van der Waals surface area contributed by atoms with Gasteiger partial charge in [0.1, 0.15) is 0 Å². The number of nitrogens with one attached hydrogen (secondary N) is 1. The Balaban J connectivity index is 0.000000364. The van der Waals surface area contributed by atoms with Crippen molar-refractivity contribution in [2.75, 3.05) is 5.73 Å². The Bertz CT molecular complexity index is 612. The maximum atomic E-state index is 10.2. The predicted molar refractivity (Wildman–Crippen MR) is 67.8 cm³/mol. The summed E-state index contributed by atoms with van der Waals surface area (Å²) in [5.41, 5.74) is 6.23. The van der Waals surface area contributed by atoms with Gasteiger partial charge in [0.15, 0.2) is 0 Å². The molecule has 1 aromatic heterocycles. The van der Waals surface area contributed by atoms with Gasteiger partial charge in [-0.15, -0.1) is 0 Å². The van der Waals surface area contributed by atoms with Gasteiger partial charge in [-0.3, -0.25) is 0 Å². The van der Waals surface area contributed by atoms with E-state index in [1.54, 1.807) is 12.1 Å². The smallest absolute Gasteiger partial charge is 0.545 e. The zero-order chi connectivity index (χ0) is 15.0. The number of aromatic amines is 1. The normalized spacial score (nSPS) is 9.33. The number of nitrogens with zero attached hydrogens (tertiary/aromatic N) is 1. The van der Waals surface area contributed by atoms with E-state index in [-0.39, 0.29) is 28.3 Å². The van der Waals surface area contributed by atoms with Crippen LogP contribution in [0.15, 0.2) is 42.9 Å². The van der Waals surface area contributed by atoms with Gasteiger partial charge in [-0.1, -0.05) is 18.2 Å². The Labute approximate surface area is 131 Å². The van der Waals surface area contributed by atoms with Crippen LogP contribution in [0.3, 0.4) is 0 Å². The summed E-state index contributed by atoms with van der Waals surface area (Å²) < 4.78 is 0. The molecular formula is C13H11MnN3O4. The van der Waals surface area contributed by atoms with Crippen molar-refractivity contribution in [1.29, 1.82) is 0 Å². The SMILES string of the molecule is Nc1ccccc1C(=O)[O-].O=C([O-])C=Cc1cnc[nH]1.[Mn+2]. The molecular weight excluding hydrogens is 317 g/mol. The first kappa shape index (κ1) is 18.4. The van der Waals surface area contributed by atoms with Crippen LogP contribution in [-0.2, 0) is 21.9 Å². The number of H-pyrrole nitrogens is 1. The van der Waals surface area contributed by atoms with Gasteiger partial charge in [0.2, 0.25) is 0 Å². The molecule has 2 aromatic rings. The van der Waals surface area contributed by atoms with Gasteiger partial charge in [-0.25, -0.2) is 4.98 Å². The van der Waals surface area contributed by atoms with Gasteiger partial charge in [-0.05, 0) is 18.2 Å². The standard InChI is InChI=1S/C7H7NO2.C6H6N2O2.Mn/c8-6-4-2-1-3-5(6)7(9)10;9-6(10)2-1-5-3-7-4-8-5;/h1-4H,8H2,(H,9,10);1-4H,(H,7,8)(H,9,10);/q;;+2/p-2. The van der Waals surface area contributed by atoms with E-state index in [1.807, 2.05) is 0 Å². The minimum atomic E-state index is -1.24. The van der Waals surface area contributed by atoms with E-state index in [9.17, 15) is 19.8 Å². The predicted octanol–water partition coefficient (Wildman–Crippen LogP) is -1.20. The number of anilines is 1. The second-order valence-electron chi connectivity index (χ2n) is 3.53. The number of hydrogen-bond donors (Lipinski definition) is 2. The molecule has 1 aromatic carbocycles. The molecule has 0 saturated carbocycles. The molecule has 0 unspecified atom stereocenters. The van der Waals surface area contributed by atoms with E-state index < -0.39 is 11.9 Å². The number of para-hydroxylation sites is 1. The van der Waals surface area contributed by atoms with Gasteiger partial charge in [0.05, 0.1) is 30.2 Å². The van der Waals surface area contributed by atoms with Crippen LogP contribution in [0.1, 0.15) is 16.1 Å². The third-order valence-corrected chi connectivity index (χ3v) is 2.10. The molecule has 0 atom stereocenters. The van der Waals surface area contributed by atoms with Gasteiger partial charge >= 0.3 is 17.1 Å². The fourth-order valence-corrected chi connectivity index (χ4v) is 1.20. The third-order valence-electron chi connectivity index (χ3n) is 2.10. The topological polar surface area (TPSA) is 135 Å². The van der Waals surface area contributed by atoms with Crippen LogP contribution in [-0.4, -0.2) is 21.9 Å². The second-order valence-corrected chi connectivity index (χ2v) is 3.53. The Morgan fingerprint density at radius 2 is 1.90 bits per heavy atom. The average molecular weight is 328 g/mol. The van der Waals surface area contributed by atoms with Crippen molar-refractivity contribution in [3.8, 4) is 0 Å². The van der Waals surface area contributed by atoms with Crippen molar-refractivity contribution in [3.05, 3.63) is 54.1 Å². The van der Waals surface area contributed by atoms with Crippen molar-refractivity contribution in [2.24, 2.45) is 0 Å². The molecule has 0 fully saturated rings. The number of carbonyl (C=O) groups is 2. The maximum Gasteiger partial charge on any atom is 2.00 e. The number of rotatable bonds is 3. The number of nitrogen functional groups attached to an aromatic ring is 1. The molecule has 1 radical (unpaired) electrons. The summed E-state index contributed by atoms with van der Waals surface area (Å²) in [4.78, 5) is 26.5. The molecule has 0 aliphatic carbocycles. The van der Waals surface area contributed by atoms with Crippen molar-refractivity contribution in [1.82, 2.24) is 9.97 Å². The first-order chi connectivity index (χ1) is 9.50. The molecule has 8 heteroatoms. The van der Waals surface area contributed by atoms with E-state index in [4.69, 9.17) is 5.73 Å². The molecule has 1 heterocycles. The van der Waals surface area contributed by atoms with Crippen molar-refractivity contribution in [3.63, 3.8) is 0 Å². The zero-order valence-corrected chi connectivity index (χ0v) is 11.8. The summed E-state index contributed by atoms with van der Waals surface area (Å²) in [5, 5.41) is 20.1. The Morgan fingerprint density at radius 3 is 2.33 bits per heavy atom. The number of imidazole rings is 1. The van der Waals surface area contributed by atoms with E-state index in [2.05, 4.69) is 9.97 Å². The Morgan fingerprint density at radius 1 is 1.24 bits per heavy atom. The van der Waals surface area contributed by atoms with Crippen molar-refractivity contribution < 1.29 is 36.9 Å². The minimum Gasteiger partial charge on any atom is -0.545 e. The van der Waals surface area contributed by atoms with Crippen molar-refractivity contribution >= 4 is 23.7 Å². The number of carbonyl (C=O) groups excluding carboxylic acids is 2. The number of aromatic nitrogens is 2. The summed E-state index contributed by atoms with van der Waals surface area (Å²) >= 11 is 0. The number of aromatic carboxylic acids is 1.